The summed E-state index contributed by atoms with van der Waals surface area (Å²) in [6, 6.07) is 7.49. The number of aromatic nitrogens is 3. The van der Waals surface area contributed by atoms with Gasteiger partial charge in [-0.1, -0.05) is 11.6 Å². The van der Waals surface area contributed by atoms with E-state index < -0.39 is 0 Å². The number of hydrogen-bond donors (Lipinski definition) is 0. The van der Waals surface area contributed by atoms with Gasteiger partial charge >= 0.3 is 0 Å². The Kier molecular flexibility index (Phi) is 4.28. The molecule has 1 unspecified atom stereocenters. The van der Waals surface area contributed by atoms with Crippen LogP contribution in [0.25, 0.3) is 16.9 Å². The number of pyridine rings is 1. The molecular formula is C14H9Br2Cl2N3. The lowest BCUT2D eigenvalue weighted by Gasteiger charge is -2.12. The van der Waals surface area contributed by atoms with E-state index in [4.69, 9.17) is 23.2 Å². The zero-order valence-corrected chi connectivity index (χ0v) is 15.5. The normalized spacial score (nSPS) is 12.8. The van der Waals surface area contributed by atoms with Gasteiger partial charge in [0, 0.05) is 20.2 Å². The van der Waals surface area contributed by atoms with Crippen LogP contribution in [0.2, 0.25) is 5.02 Å². The van der Waals surface area contributed by atoms with Crippen molar-refractivity contribution < 1.29 is 0 Å². The lowest BCUT2D eigenvalue weighted by Crippen LogP contribution is -2.03. The third kappa shape index (κ3) is 2.84. The van der Waals surface area contributed by atoms with Gasteiger partial charge in [-0.25, -0.2) is 9.97 Å². The number of hydrogen-bond acceptors (Lipinski definition) is 2. The van der Waals surface area contributed by atoms with Crippen LogP contribution in [0.15, 0.2) is 39.4 Å². The van der Waals surface area contributed by atoms with Crippen molar-refractivity contribution >= 4 is 66.2 Å². The second-order valence-corrected chi connectivity index (χ2v) is 7.37. The Labute approximate surface area is 148 Å². The van der Waals surface area contributed by atoms with Gasteiger partial charge in [0.15, 0.2) is 5.65 Å². The number of halogens is 4. The summed E-state index contributed by atoms with van der Waals surface area (Å²) in [5, 5.41) is 0.379. The fraction of sp³-hybridized carbons (Fsp3) is 0.143. The zero-order valence-electron chi connectivity index (χ0n) is 10.8. The Balaban J connectivity index is 2.39. The van der Waals surface area contributed by atoms with Crippen molar-refractivity contribution in [1.82, 2.24) is 14.5 Å². The molecule has 0 fully saturated rings. The van der Waals surface area contributed by atoms with Crippen molar-refractivity contribution in [2.45, 2.75) is 12.3 Å². The second-order valence-electron chi connectivity index (χ2n) is 4.51. The highest BCUT2D eigenvalue weighted by molar-refractivity contribution is 9.10. The van der Waals surface area contributed by atoms with Crippen LogP contribution in [0.4, 0.5) is 0 Å². The first-order valence-electron chi connectivity index (χ1n) is 6.11. The molecule has 0 bridgehead atoms. The number of fused-ring (bicyclic) bond motifs is 1. The van der Waals surface area contributed by atoms with Crippen LogP contribution >= 0.6 is 55.1 Å². The molecule has 0 aliphatic rings. The minimum atomic E-state index is -0.260. The molecule has 1 aromatic carbocycles. The fourth-order valence-electron chi connectivity index (χ4n) is 2.12. The highest BCUT2D eigenvalue weighted by Gasteiger charge is 2.19. The SMILES string of the molecule is CC(Cl)c1nc2cc(Br)cnc2n1-c1cc(Cl)ccc1Br. The Morgan fingerprint density at radius 2 is 2.00 bits per heavy atom. The summed E-state index contributed by atoms with van der Waals surface area (Å²) in [5.74, 6) is 0.722. The Hall–Kier alpha value is -0.620. The number of alkyl halides is 1. The number of imidazole rings is 1. The Bertz CT molecular complexity index is 830. The molecule has 0 saturated carbocycles. The molecule has 0 spiro atoms. The molecule has 3 aromatic rings. The number of rotatable bonds is 2. The highest BCUT2D eigenvalue weighted by Crippen LogP contribution is 2.32. The van der Waals surface area contributed by atoms with Crippen molar-refractivity contribution in [3.05, 3.63) is 50.3 Å². The molecule has 3 nitrogen and oxygen atoms in total. The molecule has 2 aromatic heterocycles. The maximum absolute atomic E-state index is 6.29. The van der Waals surface area contributed by atoms with Gasteiger partial charge in [-0.3, -0.25) is 4.57 Å². The molecule has 0 radical (unpaired) electrons. The third-order valence-electron chi connectivity index (χ3n) is 2.99. The summed E-state index contributed by atoms with van der Waals surface area (Å²) >= 11 is 19.4. The van der Waals surface area contributed by atoms with Gasteiger partial charge in [0.2, 0.25) is 0 Å². The predicted octanol–water partition coefficient (Wildman–Crippen LogP) is 5.90. The van der Waals surface area contributed by atoms with Gasteiger partial charge in [-0.15, -0.1) is 11.6 Å². The quantitative estimate of drug-likeness (QED) is 0.456. The standard InChI is InChI=1S/C14H9Br2Cl2N3/c1-7(17)13-20-11-4-8(15)6-19-14(11)21(13)12-5-9(18)2-3-10(12)16/h2-7H,1H3. The van der Waals surface area contributed by atoms with E-state index in [1.807, 2.05) is 35.8 Å². The summed E-state index contributed by atoms with van der Waals surface area (Å²) in [5.41, 5.74) is 2.38. The van der Waals surface area contributed by atoms with Gasteiger partial charge in [-0.2, -0.15) is 0 Å². The minimum Gasteiger partial charge on any atom is -0.278 e. The topological polar surface area (TPSA) is 30.7 Å². The van der Waals surface area contributed by atoms with Gasteiger partial charge in [0.1, 0.15) is 11.3 Å². The van der Waals surface area contributed by atoms with E-state index in [1.165, 1.54) is 0 Å². The van der Waals surface area contributed by atoms with Crippen molar-refractivity contribution in [1.29, 1.82) is 0 Å². The predicted molar refractivity (Wildman–Crippen MR) is 93.5 cm³/mol. The van der Waals surface area contributed by atoms with Crippen molar-refractivity contribution in [3.8, 4) is 5.69 Å². The van der Waals surface area contributed by atoms with E-state index in [0.29, 0.717) is 5.02 Å². The van der Waals surface area contributed by atoms with Crippen LogP contribution in [0.5, 0.6) is 0 Å². The average Bonchev–Trinajstić information content (AvgIpc) is 2.80. The van der Waals surface area contributed by atoms with Crippen LogP contribution in [-0.4, -0.2) is 14.5 Å². The summed E-state index contributed by atoms with van der Waals surface area (Å²) in [6.07, 6.45) is 1.74. The molecule has 2 heterocycles. The summed E-state index contributed by atoms with van der Waals surface area (Å²) < 4.78 is 3.70. The van der Waals surface area contributed by atoms with Crippen LogP contribution in [0.1, 0.15) is 18.1 Å². The third-order valence-corrected chi connectivity index (χ3v) is 4.53. The molecule has 0 N–H and O–H groups in total. The fourth-order valence-corrected chi connectivity index (χ4v) is 3.18. The van der Waals surface area contributed by atoms with Crippen LogP contribution in [-0.2, 0) is 0 Å². The maximum Gasteiger partial charge on any atom is 0.164 e. The van der Waals surface area contributed by atoms with Crippen molar-refractivity contribution in [3.63, 3.8) is 0 Å². The molecule has 3 rings (SSSR count). The highest BCUT2D eigenvalue weighted by atomic mass is 79.9. The van der Waals surface area contributed by atoms with E-state index in [0.717, 1.165) is 31.6 Å². The van der Waals surface area contributed by atoms with E-state index in [9.17, 15) is 0 Å². The number of nitrogens with zero attached hydrogens (tertiary/aromatic N) is 3. The largest absolute Gasteiger partial charge is 0.278 e. The molecule has 1 atom stereocenters. The van der Waals surface area contributed by atoms with E-state index in [-0.39, 0.29) is 5.38 Å². The Morgan fingerprint density at radius 3 is 2.71 bits per heavy atom. The molecule has 21 heavy (non-hydrogen) atoms. The summed E-state index contributed by atoms with van der Waals surface area (Å²) in [4.78, 5) is 9.06. The van der Waals surface area contributed by atoms with E-state index in [2.05, 4.69) is 41.8 Å². The second kappa shape index (κ2) is 5.88. The number of benzene rings is 1. The molecule has 0 saturated heterocycles. The van der Waals surface area contributed by atoms with Gasteiger partial charge < -0.3 is 0 Å². The van der Waals surface area contributed by atoms with E-state index in [1.54, 1.807) is 6.20 Å². The van der Waals surface area contributed by atoms with Gasteiger partial charge in [0.05, 0.1) is 11.1 Å². The first-order valence-corrected chi connectivity index (χ1v) is 8.51. The zero-order chi connectivity index (χ0) is 15.1. The van der Waals surface area contributed by atoms with Crippen LogP contribution in [0.3, 0.4) is 0 Å². The lowest BCUT2D eigenvalue weighted by atomic mass is 10.3. The smallest absolute Gasteiger partial charge is 0.164 e. The molecule has 0 amide bonds. The first kappa shape index (κ1) is 15.3. The van der Waals surface area contributed by atoms with Crippen LogP contribution in [0, 0.1) is 0 Å². The van der Waals surface area contributed by atoms with Gasteiger partial charge in [0.25, 0.3) is 0 Å². The first-order chi connectivity index (χ1) is 9.97. The maximum atomic E-state index is 6.29. The summed E-state index contributed by atoms with van der Waals surface area (Å²) in [6.45, 7) is 1.88. The Morgan fingerprint density at radius 1 is 1.24 bits per heavy atom. The molecular weight excluding hydrogens is 441 g/mol. The summed E-state index contributed by atoms with van der Waals surface area (Å²) in [7, 11) is 0. The molecule has 0 aliphatic carbocycles. The minimum absolute atomic E-state index is 0.260. The molecule has 0 aliphatic heterocycles. The van der Waals surface area contributed by atoms with Crippen molar-refractivity contribution in [2.75, 3.05) is 0 Å². The van der Waals surface area contributed by atoms with E-state index >= 15 is 0 Å². The molecule has 7 heteroatoms. The lowest BCUT2D eigenvalue weighted by molar-refractivity contribution is 0.874. The van der Waals surface area contributed by atoms with Gasteiger partial charge in [-0.05, 0) is 63.0 Å². The average molecular weight is 450 g/mol. The van der Waals surface area contributed by atoms with Crippen LogP contribution < -0.4 is 0 Å². The monoisotopic (exact) mass is 447 g/mol. The van der Waals surface area contributed by atoms with Crippen molar-refractivity contribution in [2.24, 2.45) is 0 Å². The molecule has 108 valence electrons.